The van der Waals surface area contributed by atoms with Crippen molar-refractivity contribution in [3.05, 3.63) is 60.2 Å². The van der Waals surface area contributed by atoms with Gasteiger partial charge in [0.15, 0.2) is 5.16 Å². The van der Waals surface area contributed by atoms with E-state index in [0.29, 0.717) is 33.7 Å². The van der Waals surface area contributed by atoms with Gasteiger partial charge in [-0.3, -0.25) is 9.36 Å². The summed E-state index contributed by atoms with van der Waals surface area (Å²) < 4.78 is 25.5. The van der Waals surface area contributed by atoms with Crippen LogP contribution in [0.25, 0.3) is 5.69 Å². The van der Waals surface area contributed by atoms with Gasteiger partial charge in [0.25, 0.3) is 5.91 Å². The van der Waals surface area contributed by atoms with Gasteiger partial charge in [-0.15, -0.1) is 0 Å². The molecule has 0 aliphatic carbocycles. The van der Waals surface area contributed by atoms with Crippen LogP contribution in [0.4, 0.5) is 10.1 Å². The van der Waals surface area contributed by atoms with Crippen LogP contribution in [0.1, 0.15) is 10.5 Å². The van der Waals surface area contributed by atoms with Crippen LogP contribution in [0, 0.1) is 5.82 Å². The monoisotopic (exact) mass is 387 g/mol. The molecule has 1 N–H and O–H groups in total. The molecule has 3 aromatic rings. The van der Waals surface area contributed by atoms with Gasteiger partial charge in [-0.2, -0.15) is 0 Å². The summed E-state index contributed by atoms with van der Waals surface area (Å²) in [5.41, 5.74) is 1.43. The fourth-order valence-corrected chi connectivity index (χ4v) is 3.12. The summed E-state index contributed by atoms with van der Waals surface area (Å²) in [6, 6.07) is 11.0. The van der Waals surface area contributed by atoms with Crippen LogP contribution in [0.5, 0.6) is 11.5 Å². The highest BCUT2D eigenvalue weighted by Gasteiger charge is 2.19. The van der Waals surface area contributed by atoms with E-state index in [1.807, 2.05) is 6.26 Å². The highest BCUT2D eigenvalue weighted by atomic mass is 32.2. The average Bonchev–Trinajstić information content (AvgIpc) is 3.12. The lowest BCUT2D eigenvalue weighted by Gasteiger charge is -2.14. The molecular formula is C19H18FN3O3S. The summed E-state index contributed by atoms with van der Waals surface area (Å²) in [7, 11) is 3.06. The average molecular weight is 387 g/mol. The first-order valence-electron chi connectivity index (χ1n) is 7.98. The molecule has 0 bridgehead atoms. The molecular weight excluding hydrogens is 369 g/mol. The van der Waals surface area contributed by atoms with Gasteiger partial charge in [-0.1, -0.05) is 11.8 Å². The number of thioether (sulfide) groups is 1. The topological polar surface area (TPSA) is 65.4 Å². The molecule has 1 amide bonds. The summed E-state index contributed by atoms with van der Waals surface area (Å²) in [4.78, 5) is 17.2. The second-order valence-corrected chi connectivity index (χ2v) is 6.24. The van der Waals surface area contributed by atoms with E-state index in [9.17, 15) is 9.18 Å². The number of imidazole rings is 1. The van der Waals surface area contributed by atoms with E-state index in [1.165, 1.54) is 37.2 Å². The molecule has 0 aliphatic rings. The molecule has 1 heterocycles. The van der Waals surface area contributed by atoms with Crippen molar-refractivity contribution in [1.82, 2.24) is 9.55 Å². The summed E-state index contributed by atoms with van der Waals surface area (Å²) in [6.07, 6.45) is 3.34. The Hall–Kier alpha value is -3.00. The zero-order chi connectivity index (χ0) is 19.4. The normalized spacial score (nSPS) is 10.5. The van der Waals surface area contributed by atoms with Gasteiger partial charge in [-0.25, -0.2) is 9.37 Å². The number of rotatable bonds is 6. The number of benzene rings is 2. The van der Waals surface area contributed by atoms with E-state index in [-0.39, 0.29) is 11.7 Å². The third-order valence-electron chi connectivity index (χ3n) is 3.88. The molecule has 0 atom stereocenters. The van der Waals surface area contributed by atoms with Crippen molar-refractivity contribution in [1.29, 1.82) is 0 Å². The molecule has 0 radical (unpaired) electrons. The van der Waals surface area contributed by atoms with Crippen molar-refractivity contribution in [3.63, 3.8) is 0 Å². The predicted octanol–water partition coefficient (Wildman–Crippen LogP) is 4.00. The van der Waals surface area contributed by atoms with Crippen molar-refractivity contribution < 1.29 is 18.7 Å². The number of anilines is 1. The predicted molar refractivity (Wildman–Crippen MR) is 103 cm³/mol. The molecule has 140 valence electrons. The lowest BCUT2D eigenvalue weighted by atomic mass is 10.2. The van der Waals surface area contributed by atoms with Crippen molar-refractivity contribution in [2.75, 3.05) is 25.8 Å². The fourth-order valence-electron chi connectivity index (χ4n) is 2.58. The lowest BCUT2D eigenvalue weighted by molar-refractivity contribution is 0.101. The Balaban J connectivity index is 1.99. The van der Waals surface area contributed by atoms with E-state index >= 15 is 0 Å². The van der Waals surface area contributed by atoms with E-state index < -0.39 is 0 Å². The summed E-state index contributed by atoms with van der Waals surface area (Å²) in [5, 5.41) is 3.44. The Kier molecular flexibility index (Phi) is 5.66. The van der Waals surface area contributed by atoms with Crippen molar-refractivity contribution in [2.24, 2.45) is 0 Å². The first kappa shape index (κ1) is 18.8. The van der Waals surface area contributed by atoms with Gasteiger partial charge in [0.05, 0.1) is 26.1 Å². The van der Waals surface area contributed by atoms with E-state index in [4.69, 9.17) is 9.47 Å². The molecule has 27 heavy (non-hydrogen) atoms. The van der Waals surface area contributed by atoms with Crippen LogP contribution in [0.15, 0.2) is 53.8 Å². The largest absolute Gasteiger partial charge is 0.497 e. The smallest absolute Gasteiger partial charge is 0.274 e. The number of hydrogen-bond acceptors (Lipinski definition) is 5. The highest BCUT2D eigenvalue weighted by molar-refractivity contribution is 7.98. The van der Waals surface area contributed by atoms with Crippen molar-refractivity contribution in [2.45, 2.75) is 5.16 Å². The third kappa shape index (κ3) is 3.90. The number of hydrogen-bond donors (Lipinski definition) is 1. The van der Waals surface area contributed by atoms with E-state index in [1.54, 1.807) is 42.0 Å². The number of ether oxygens (including phenoxy) is 2. The van der Waals surface area contributed by atoms with Crippen LogP contribution in [-0.2, 0) is 0 Å². The maximum atomic E-state index is 13.3. The zero-order valence-corrected chi connectivity index (χ0v) is 15.8. The fraction of sp³-hybridized carbons (Fsp3) is 0.158. The number of methoxy groups -OCH3 is 2. The second-order valence-electron chi connectivity index (χ2n) is 5.46. The van der Waals surface area contributed by atoms with Gasteiger partial charge in [-0.05, 0) is 42.7 Å². The Morgan fingerprint density at radius 3 is 2.52 bits per heavy atom. The lowest BCUT2D eigenvalue weighted by Crippen LogP contribution is -2.17. The number of carbonyl (C=O) groups excluding carboxylic acids is 1. The van der Waals surface area contributed by atoms with Crippen molar-refractivity contribution in [3.8, 4) is 17.2 Å². The number of nitrogens with zero attached hydrogens (tertiary/aromatic N) is 2. The Labute approximate surface area is 160 Å². The Morgan fingerprint density at radius 2 is 1.89 bits per heavy atom. The second kappa shape index (κ2) is 8.13. The van der Waals surface area contributed by atoms with E-state index in [0.717, 1.165) is 0 Å². The van der Waals surface area contributed by atoms with Crippen LogP contribution >= 0.6 is 11.8 Å². The number of aromatic nitrogens is 2. The highest BCUT2D eigenvalue weighted by Crippen LogP contribution is 2.30. The SMILES string of the molecule is COc1ccc(OC)c(NC(=O)c2cnc(SC)n2-c2ccc(F)cc2)c1. The van der Waals surface area contributed by atoms with E-state index in [2.05, 4.69) is 10.3 Å². The molecule has 0 saturated carbocycles. The molecule has 2 aromatic carbocycles. The molecule has 0 spiro atoms. The van der Waals surface area contributed by atoms with Crippen LogP contribution in [0.2, 0.25) is 0 Å². The first-order chi connectivity index (χ1) is 13.1. The zero-order valence-electron chi connectivity index (χ0n) is 15.0. The minimum Gasteiger partial charge on any atom is -0.497 e. The standard InChI is InChI=1S/C19H18FN3O3S/c1-25-14-8-9-17(26-2)15(10-14)22-18(24)16-11-21-19(27-3)23(16)13-6-4-12(20)5-7-13/h4-11H,1-3H3,(H,22,24). The number of nitrogens with one attached hydrogen (secondary N) is 1. The van der Waals surface area contributed by atoms with Gasteiger partial charge >= 0.3 is 0 Å². The Bertz CT molecular complexity index is 957. The van der Waals surface area contributed by atoms with Crippen LogP contribution in [0.3, 0.4) is 0 Å². The van der Waals surface area contributed by atoms with Crippen LogP contribution in [-0.4, -0.2) is 35.9 Å². The number of carbonyl (C=O) groups is 1. The van der Waals surface area contributed by atoms with Gasteiger partial charge in [0.1, 0.15) is 23.0 Å². The summed E-state index contributed by atoms with van der Waals surface area (Å²) in [6.45, 7) is 0. The molecule has 3 rings (SSSR count). The van der Waals surface area contributed by atoms with Gasteiger partial charge < -0.3 is 14.8 Å². The van der Waals surface area contributed by atoms with Gasteiger partial charge in [0.2, 0.25) is 0 Å². The molecule has 8 heteroatoms. The molecule has 0 saturated heterocycles. The van der Waals surface area contributed by atoms with Crippen molar-refractivity contribution >= 4 is 23.4 Å². The van der Waals surface area contributed by atoms with Crippen LogP contribution < -0.4 is 14.8 Å². The quantitative estimate of drug-likeness (QED) is 0.648. The number of amides is 1. The molecule has 0 unspecified atom stereocenters. The maximum Gasteiger partial charge on any atom is 0.274 e. The van der Waals surface area contributed by atoms with Gasteiger partial charge in [0, 0.05) is 11.8 Å². The minimum atomic E-state index is -0.376. The summed E-state index contributed by atoms with van der Waals surface area (Å²) >= 11 is 1.39. The maximum absolute atomic E-state index is 13.3. The molecule has 6 nitrogen and oxygen atoms in total. The third-order valence-corrected chi connectivity index (χ3v) is 4.54. The number of halogens is 1. The molecule has 0 aliphatic heterocycles. The first-order valence-corrected chi connectivity index (χ1v) is 9.21. The minimum absolute atomic E-state index is 0.316. The Morgan fingerprint density at radius 1 is 1.15 bits per heavy atom. The summed E-state index contributed by atoms with van der Waals surface area (Å²) in [5.74, 6) is 0.361. The molecule has 1 aromatic heterocycles. The molecule has 0 fully saturated rings.